The minimum Gasteiger partial charge on any atom is -0.350 e. The van der Waals surface area contributed by atoms with Gasteiger partial charge in [0.15, 0.2) is 0 Å². The molecule has 0 radical (unpaired) electrons. The van der Waals surface area contributed by atoms with E-state index < -0.39 is 5.41 Å². The number of hydrogen-bond acceptors (Lipinski definition) is 3. The van der Waals surface area contributed by atoms with Crippen molar-refractivity contribution in [2.45, 2.75) is 17.7 Å². The molecule has 2 N–H and O–H groups in total. The Balaban J connectivity index is 1.22. The van der Waals surface area contributed by atoms with Crippen molar-refractivity contribution in [2.24, 2.45) is 4.99 Å². The molecule has 10 rings (SSSR count). The van der Waals surface area contributed by atoms with Gasteiger partial charge in [0, 0.05) is 11.1 Å². The van der Waals surface area contributed by atoms with Crippen LogP contribution in [0.5, 0.6) is 0 Å². The van der Waals surface area contributed by atoms with Crippen LogP contribution in [0.15, 0.2) is 205 Å². The van der Waals surface area contributed by atoms with Crippen LogP contribution in [0.2, 0.25) is 0 Å². The van der Waals surface area contributed by atoms with Crippen LogP contribution in [0.4, 0.5) is 0 Å². The Labute approximate surface area is 310 Å². The Bertz CT molecular complexity index is 2580. The lowest BCUT2D eigenvalue weighted by Crippen LogP contribution is -2.45. The molecule has 8 aromatic carbocycles. The van der Waals surface area contributed by atoms with Crippen molar-refractivity contribution < 1.29 is 0 Å². The molecule has 3 heteroatoms. The number of benzene rings is 8. The summed E-state index contributed by atoms with van der Waals surface area (Å²) in [6.07, 6.45) is -0.463. The van der Waals surface area contributed by atoms with Crippen LogP contribution in [0, 0.1) is 0 Å². The number of aliphatic imine (C=N–C) groups is 1. The summed E-state index contributed by atoms with van der Waals surface area (Å²) < 4.78 is 0. The zero-order valence-electron chi connectivity index (χ0n) is 29.2. The van der Waals surface area contributed by atoms with E-state index in [2.05, 4.69) is 211 Å². The zero-order chi connectivity index (χ0) is 35.2. The van der Waals surface area contributed by atoms with Crippen molar-refractivity contribution in [1.82, 2.24) is 10.6 Å². The minimum atomic E-state index is -0.481. The SMILES string of the molecule is c1ccc(C2=NC(c3c(-c4ccc5c(c4)C(c4ccccc4)(c4ccccc4)c4ccccc4-5)ccc4ccccc34)NC(c3ccccc3)N2)cc1. The quantitative estimate of drug-likeness (QED) is 0.184. The van der Waals surface area contributed by atoms with E-state index in [9.17, 15) is 0 Å². The first kappa shape index (κ1) is 31.2. The molecule has 0 saturated heterocycles. The first-order chi connectivity index (χ1) is 26.3. The molecular formula is C50H37N3. The van der Waals surface area contributed by atoms with E-state index in [1.807, 2.05) is 0 Å². The molecule has 3 nitrogen and oxygen atoms in total. The summed E-state index contributed by atoms with van der Waals surface area (Å²) in [4.78, 5) is 5.46. The van der Waals surface area contributed by atoms with Gasteiger partial charge in [0.05, 0.1) is 5.41 Å². The number of fused-ring (bicyclic) bond motifs is 4. The van der Waals surface area contributed by atoms with Crippen LogP contribution < -0.4 is 10.6 Å². The van der Waals surface area contributed by atoms with Gasteiger partial charge < -0.3 is 5.32 Å². The first-order valence-electron chi connectivity index (χ1n) is 18.4. The summed E-state index contributed by atoms with van der Waals surface area (Å²) in [5.41, 5.74) is 12.9. The molecule has 1 aliphatic heterocycles. The summed E-state index contributed by atoms with van der Waals surface area (Å²) >= 11 is 0. The molecule has 0 spiro atoms. The fourth-order valence-corrected chi connectivity index (χ4v) is 8.72. The van der Waals surface area contributed by atoms with Crippen molar-refractivity contribution in [3.8, 4) is 22.3 Å². The average Bonchev–Trinajstić information content (AvgIpc) is 3.54. The molecule has 0 bridgehead atoms. The highest BCUT2D eigenvalue weighted by atomic mass is 15.3. The molecule has 2 atom stereocenters. The molecule has 1 heterocycles. The van der Waals surface area contributed by atoms with Gasteiger partial charge in [-0.25, -0.2) is 4.99 Å². The van der Waals surface area contributed by atoms with Crippen LogP contribution in [0.1, 0.15) is 51.3 Å². The van der Waals surface area contributed by atoms with Gasteiger partial charge in [-0.1, -0.05) is 194 Å². The highest BCUT2D eigenvalue weighted by Crippen LogP contribution is 2.57. The Morgan fingerprint density at radius 2 is 1.04 bits per heavy atom. The molecule has 53 heavy (non-hydrogen) atoms. The van der Waals surface area contributed by atoms with E-state index in [1.54, 1.807) is 0 Å². The lowest BCUT2D eigenvalue weighted by molar-refractivity contribution is 0.411. The molecule has 2 aliphatic rings. The van der Waals surface area contributed by atoms with E-state index in [-0.39, 0.29) is 12.3 Å². The fraction of sp³-hybridized carbons (Fsp3) is 0.0600. The Kier molecular flexibility index (Phi) is 7.59. The lowest BCUT2D eigenvalue weighted by atomic mass is 9.67. The van der Waals surface area contributed by atoms with E-state index in [4.69, 9.17) is 4.99 Å². The minimum absolute atomic E-state index is 0.140. The monoisotopic (exact) mass is 679 g/mol. The second kappa shape index (κ2) is 12.9. The normalized spacial score (nSPS) is 17.0. The van der Waals surface area contributed by atoms with Gasteiger partial charge in [0.2, 0.25) is 0 Å². The second-order valence-electron chi connectivity index (χ2n) is 13.9. The molecule has 0 amide bonds. The Morgan fingerprint density at radius 1 is 0.453 bits per heavy atom. The summed E-state index contributed by atoms with van der Waals surface area (Å²) in [5, 5.41) is 10.0. The maximum Gasteiger partial charge on any atom is 0.131 e. The van der Waals surface area contributed by atoms with Crippen molar-refractivity contribution in [1.29, 1.82) is 0 Å². The molecule has 8 aromatic rings. The van der Waals surface area contributed by atoms with Crippen LogP contribution in [-0.4, -0.2) is 5.84 Å². The van der Waals surface area contributed by atoms with E-state index in [1.165, 1.54) is 60.8 Å². The summed E-state index contributed by atoms with van der Waals surface area (Å²) in [6, 6.07) is 72.4. The van der Waals surface area contributed by atoms with Gasteiger partial charge in [-0.3, -0.25) is 5.32 Å². The number of hydrogen-bond donors (Lipinski definition) is 2. The number of amidine groups is 1. The van der Waals surface area contributed by atoms with Crippen molar-refractivity contribution in [2.75, 3.05) is 0 Å². The predicted octanol–water partition coefficient (Wildman–Crippen LogP) is 11.2. The number of nitrogens with one attached hydrogen (secondary N) is 2. The van der Waals surface area contributed by atoms with Gasteiger partial charge in [-0.2, -0.15) is 0 Å². The third kappa shape index (κ3) is 5.12. The Morgan fingerprint density at radius 3 is 1.77 bits per heavy atom. The average molecular weight is 680 g/mol. The molecule has 2 unspecified atom stereocenters. The number of rotatable bonds is 6. The van der Waals surface area contributed by atoms with Gasteiger partial charge in [-0.05, 0) is 66.9 Å². The number of nitrogens with zero attached hydrogens (tertiary/aromatic N) is 1. The van der Waals surface area contributed by atoms with Gasteiger partial charge in [-0.15, -0.1) is 0 Å². The smallest absolute Gasteiger partial charge is 0.131 e. The van der Waals surface area contributed by atoms with Crippen molar-refractivity contribution >= 4 is 16.6 Å². The third-order valence-corrected chi connectivity index (χ3v) is 11.1. The lowest BCUT2D eigenvalue weighted by Gasteiger charge is -2.34. The molecule has 0 fully saturated rings. The summed E-state index contributed by atoms with van der Waals surface area (Å²) in [7, 11) is 0. The largest absolute Gasteiger partial charge is 0.350 e. The van der Waals surface area contributed by atoms with E-state index in [0.29, 0.717) is 0 Å². The van der Waals surface area contributed by atoms with Crippen molar-refractivity contribution in [3.05, 3.63) is 239 Å². The Hall–Kier alpha value is -6.55. The zero-order valence-corrected chi connectivity index (χ0v) is 29.2. The highest BCUT2D eigenvalue weighted by molar-refractivity contribution is 6.00. The second-order valence-corrected chi connectivity index (χ2v) is 13.9. The van der Waals surface area contributed by atoms with E-state index in [0.717, 1.165) is 17.0 Å². The molecule has 252 valence electrons. The maximum absolute atomic E-state index is 5.46. The van der Waals surface area contributed by atoms with Gasteiger partial charge in [0.25, 0.3) is 0 Å². The molecule has 1 aliphatic carbocycles. The first-order valence-corrected chi connectivity index (χ1v) is 18.4. The topological polar surface area (TPSA) is 36.4 Å². The van der Waals surface area contributed by atoms with Gasteiger partial charge in [0.1, 0.15) is 18.2 Å². The fourth-order valence-electron chi connectivity index (χ4n) is 8.72. The van der Waals surface area contributed by atoms with Crippen molar-refractivity contribution in [3.63, 3.8) is 0 Å². The molecule has 0 aromatic heterocycles. The van der Waals surface area contributed by atoms with E-state index >= 15 is 0 Å². The standard InChI is InChI=1S/C50H37N3/c1-5-18-35(19-6-1)47-51-48(36-20-7-2-8-21-36)53-49(52-47)46-40-26-14-13-17-34(40)29-31-41(46)37-30-32-43-42-27-15-16-28-44(42)50(45(43)33-37,38-22-9-3-10-23-38)39-24-11-4-12-25-39/h1-33,47,49,52H,(H,51,53). The maximum atomic E-state index is 5.46. The van der Waals surface area contributed by atoms with Crippen LogP contribution >= 0.6 is 0 Å². The highest BCUT2D eigenvalue weighted by Gasteiger charge is 2.46. The predicted molar refractivity (Wildman–Crippen MR) is 218 cm³/mol. The summed E-state index contributed by atoms with van der Waals surface area (Å²) in [5.74, 6) is 0.874. The van der Waals surface area contributed by atoms with Crippen LogP contribution in [0.3, 0.4) is 0 Å². The van der Waals surface area contributed by atoms with Gasteiger partial charge >= 0.3 is 0 Å². The molecular weight excluding hydrogens is 643 g/mol. The third-order valence-electron chi connectivity index (χ3n) is 11.1. The summed E-state index contributed by atoms with van der Waals surface area (Å²) in [6.45, 7) is 0. The molecule has 0 saturated carbocycles. The van der Waals surface area contributed by atoms with Crippen LogP contribution in [-0.2, 0) is 5.41 Å². The van der Waals surface area contributed by atoms with Crippen LogP contribution in [0.25, 0.3) is 33.0 Å².